The SMILES string of the molecule is CC1CN(C(=O)c2ccc[nH]2)Cc2c(C(=O)O)nn(Cc3ccc(F)cc3[N+](=O)[O-])c21. The topological polar surface area (TPSA) is 134 Å². The van der Waals surface area contributed by atoms with Crippen LogP contribution >= 0.6 is 0 Å². The van der Waals surface area contributed by atoms with Crippen molar-refractivity contribution in [2.45, 2.75) is 25.9 Å². The summed E-state index contributed by atoms with van der Waals surface area (Å²) >= 11 is 0. The number of hydrogen-bond acceptors (Lipinski definition) is 5. The molecule has 0 saturated carbocycles. The number of rotatable bonds is 5. The summed E-state index contributed by atoms with van der Waals surface area (Å²) in [6.07, 6.45) is 1.63. The Morgan fingerprint density at radius 1 is 1.39 bits per heavy atom. The number of carboxylic acids is 1. The zero-order valence-electron chi connectivity index (χ0n) is 16.4. The van der Waals surface area contributed by atoms with Crippen LogP contribution in [-0.4, -0.2) is 48.1 Å². The smallest absolute Gasteiger partial charge is 0.356 e. The van der Waals surface area contributed by atoms with E-state index in [0.29, 0.717) is 23.5 Å². The molecule has 3 aromatic rings. The van der Waals surface area contributed by atoms with Gasteiger partial charge in [0.25, 0.3) is 11.6 Å². The van der Waals surface area contributed by atoms with Crippen LogP contribution in [0.3, 0.4) is 0 Å². The summed E-state index contributed by atoms with van der Waals surface area (Å²) < 4.78 is 14.9. The third-order valence-electron chi connectivity index (χ3n) is 5.29. The second-order valence-electron chi connectivity index (χ2n) is 7.38. The van der Waals surface area contributed by atoms with Crippen molar-refractivity contribution in [3.8, 4) is 0 Å². The molecule has 10 nitrogen and oxygen atoms in total. The number of halogens is 1. The Hall–Kier alpha value is -4.02. The van der Waals surface area contributed by atoms with E-state index in [-0.39, 0.29) is 36.2 Å². The Kier molecular flexibility index (Phi) is 5.01. The first-order chi connectivity index (χ1) is 14.8. The van der Waals surface area contributed by atoms with Gasteiger partial charge in [0.05, 0.1) is 29.6 Å². The van der Waals surface area contributed by atoms with Crippen molar-refractivity contribution in [3.63, 3.8) is 0 Å². The molecule has 1 aliphatic rings. The number of nitrogens with zero attached hydrogens (tertiary/aromatic N) is 4. The fraction of sp³-hybridized carbons (Fsp3) is 0.250. The minimum atomic E-state index is -1.26. The third kappa shape index (κ3) is 3.65. The lowest BCUT2D eigenvalue weighted by atomic mass is 9.95. The van der Waals surface area contributed by atoms with Crippen molar-refractivity contribution in [1.29, 1.82) is 0 Å². The highest BCUT2D eigenvalue weighted by molar-refractivity contribution is 5.93. The number of aromatic carboxylic acids is 1. The standard InChI is InChI=1S/C20H18FN5O5/c1-11-8-24(19(27)15-3-2-6-22-15)10-14-17(20(28)29)23-25(18(11)14)9-12-4-5-13(21)7-16(12)26(30)31/h2-7,11,22H,8-10H2,1H3,(H,28,29). The lowest BCUT2D eigenvalue weighted by Crippen LogP contribution is -2.38. The Balaban J connectivity index is 1.74. The van der Waals surface area contributed by atoms with E-state index in [1.165, 1.54) is 15.6 Å². The van der Waals surface area contributed by atoms with Gasteiger partial charge in [0.1, 0.15) is 11.5 Å². The van der Waals surface area contributed by atoms with E-state index in [2.05, 4.69) is 10.1 Å². The molecule has 2 N–H and O–H groups in total. The minimum Gasteiger partial charge on any atom is -0.476 e. The van der Waals surface area contributed by atoms with Gasteiger partial charge in [0.2, 0.25) is 0 Å². The van der Waals surface area contributed by atoms with Crippen molar-refractivity contribution in [2.75, 3.05) is 6.54 Å². The summed E-state index contributed by atoms with van der Waals surface area (Å²) in [5.74, 6) is -2.54. The van der Waals surface area contributed by atoms with E-state index in [4.69, 9.17) is 0 Å². The zero-order valence-corrected chi connectivity index (χ0v) is 16.4. The predicted molar refractivity (Wildman–Crippen MR) is 105 cm³/mol. The first-order valence-electron chi connectivity index (χ1n) is 9.44. The second kappa shape index (κ2) is 7.67. The van der Waals surface area contributed by atoms with Crippen LogP contribution in [0.1, 0.15) is 50.6 Å². The summed E-state index contributed by atoms with van der Waals surface area (Å²) in [6.45, 7) is 2.10. The molecule has 1 aliphatic heterocycles. The van der Waals surface area contributed by atoms with Gasteiger partial charge in [-0.1, -0.05) is 6.92 Å². The van der Waals surface area contributed by atoms with Gasteiger partial charge in [-0.25, -0.2) is 9.18 Å². The number of carbonyl (C=O) groups excluding carboxylic acids is 1. The quantitative estimate of drug-likeness (QED) is 0.475. The highest BCUT2D eigenvalue weighted by Crippen LogP contribution is 2.32. The molecule has 2 aromatic heterocycles. The summed E-state index contributed by atoms with van der Waals surface area (Å²) in [5, 5.41) is 25.2. The van der Waals surface area contributed by atoms with Crippen molar-refractivity contribution in [1.82, 2.24) is 19.7 Å². The highest BCUT2D eigenvalue weighted by atomic mass is 19.1. The molecule has 0 aliphatic carbocycles. The third-order valence-corrected chi connectivity index (χ3v) is 5.29. The lowest BCUT2D eigenvalue weighted by molar-refractivity contribution is -0.385. The van der Waals surface area contributed by atoms with Gasteiger partial charge in [-0.05, 0) is 24.3 Å². The first kappa shape index (κ1) is 20.3. The summed E-state index contributed by atoms with van der Waals surface area (Å²) in [6, 6.07) is 6.55. The molecular weight excluding hydrogens is 409 g/mol. The number of fused-ring (bicyclic) bond motifs is 1. The zero-order chi connectivity index (χ0) is 22.3. The van der Waals surface area contributed by atoms with E-state index in [1.807, 2.05) is 6.92 Å². The van der Waals surface area contributed by atoms with E-state index in [0.717, 1.165) is 12.1 Å². The van der Waals surface area contributed by atoms with Crippen molar-refractivity contribution >= 4 is 17.6 Å². The molecule has 0 radical (unpaired) electrons. The molecule has 31 heavy (non-hydrogen) atoms. The van der Waals surface area contributed by atoms with Gasteiger partial charge in [-0.15, -0.1) is 0 Å². The molecule has 11 heteroatoms. The van der Waals surface area contributed by atoms with Crippen LogP contribution in [0.5, 0.6) is 0 Å². The van der Waals surface area contributed by atoms with Gasteiger partial charge in [0.15, 0.2) is 5.69 Å². The molecule has 1 aromatic carbocycles. The van der Waals surface area contributed by atoms with Gasteiger partial charge >= 0.3 is 5.97 Å². The van der Waals surface area contributed by atoms with Crippen LogP contribution in [0.15, 0.2) is 36.5 Å². The molecule has 1 amide bonds. The first-order valence-corrected chi connectivity index (χ1v) is 9.44. The molecular formula is C20H18FN5O5. The maximum absolute atomic E-state index is 13.5. The van der Waals surface area contributed by atoms with E-state index >= 15 is 0 Å². The molecule has 0 bridgehead atoms. The number of carbonyl (C=O) groups is 2. The van der Waals surface area contributed by atoms with E-state index in [1.54, 1.807) is 18.3 Å². The van der Waals surface area contributed by atoms with Crippen LogP contribution in [0.25, 0.3) is 0 Å². The number of hydrogen-bond donors (Lipinski definition) is 2. The summed E-state index contributed by atoms with van der Waals surface area (Å²) in [5.41, 5.74) is 0.943. The van der Waals surface area contributed by atoms with Gasteiger partial charge in [-0.3, -0.25) is 19.6 Å². The Bertz CT molecular complexity index is 1190. The second-order valence-corrected chi connectivity index (χ2v) is 7.38. The van der Waals surface area contributed by atoms with Gasteiger partial charge in [0, 0.05) is 29.9 Å². The van der Waals surface area contributed by atoms with Crippen LogP contribution in [0.4, 0.5) is 10.1 Å². The fourth-order valence-electron chi connectivity index (χ4n) is 3.98. The fourth-order valence-corrected chi connectivity index (χ4v) is 3.98. The monoisotopic (exact) mass is 427 g/mol. The number of aromatic nitrogens is 3. The average Bonchev–Trinajstić information content (AvgIpc) is 3.37. The van der Waals surface area contributed by atoms with Gasteiger partial charge < -0.3 is 15.0 Å². The molecule has 0 spiro atoms. The lowest BCUT2D eigenvalue weighted by Gasteiger charge is -2.31. The van der Waals surface area contributed by atoms with Crippen molar-refractivity contribution < 1.29 is 24.0 Å². The maximum atomic E-state index is 13.5. The Morgan fingerprint density at radius 2 is 2.16 bits per heavy atom. The molecule has 1 atom stereocenters. The van der Waals surface area contributed by atoms with Crippen LogP contribution in [-0.2, 0) is 13.1 Å². The summed E-state index contributed by atoms with van der Waals surface area (Å²) in [4.78, 5) is 39.6. The van der Waals surface area contributed by atoms with Crippen molar-refractivity contribution in [2.24, 2.45) is 0 Å². The van der Waals surface area contributed by atoms with Gasteiger partial charge in [-0.2, -0.15) is 5.10 Å². The molecule has 0 fully saturated rings. The normalized spacial score (nSPS) is 15.5. The van der Waals surface area contributed by atoms with Crippen LogP contribution < -0.4 is 0 Å². The van der Waals surface area contributed by atoms with Crippen LogP contribution in [0, 0.1) is 15.9 Å². The maximum Gasteiger partial charge on any atom is 0.356 e. The van der Waals surface area contributed by atoms with Crippen LogP contribution in [0.2, 0.25) is 0 Å². The highest BCUT2D eigenvalue weighted by Gasteiger charge is 2.35. The summed E-state index contributed by atoms with van der Waals surface area (Å²) in [7, 11) is 0. The molecule has 3 heterocycles. The number of nitrogens with one attached hydrogen (secondary N) is 1. The molecule has 4 rings (SSSR count). The molecule has 160 valence electrons. The Morgan fingerprint density at radius 3 is 2.81 bits per heavy atom. The number of aromatic amines is 1. The number of benzene rings is 1. The van der Waals surface area contributed by atoms with Crippen molar-refractivity contribution in [3.05, 3.63) is 80.7 Å². The number of nitro groups is 1. The predicted octanol–water partition coefficient (Wildman–Crippen LogP) is 2.76. The number of amides is 1. The number of carboxylic acid groups (broad SMARTS) is 1. The average molecular weight is 427 g/mol. The van der Waals surface area contributed by atoms with E-state index < -0.39 is 22.4 Å². The largest absolute Gasteiger partial charge is 0.476 e. The molecule has 0 saturated heterocycles. The number of nitro benzene ring substituents is 1. The molecule has 1 unspecified atom stereocenters. The van der Waals surface area contributed by atoms with E-state index in [9.17, 15) is 29.2 Å². The minimum absolute atomic E-state index is 0.0463. The Labute approximate surface area is 175 Å². The number of H-pyrrole nitrogens is 1.